The lowest BCUT2D eigenvalue weighted by Crippen LogP contribution is -2.44. The van der Waals surface area contributed by atoms with Gasteiger partial charge in [0.25, 0.3) is 5.91 Å². The van der Waals surface area contributed by atoms with Gasteiger partial charge in [0.2, 0.25) is 0 Å². The second kappa shape index (κ2) is 10.9. The van der Waals surface area contributed by atoms with Gasteiger partial charge in [0.15, 0.2) is 0 Å². The first kappa shape index (κ1) is 24.2. The molecule has 0 radical (unpaired) electrons. The van der Waals surface area contributed by atoms with Crippen LogP contribution in [0, 0.1) is 19.7 Å². The van der Waals surface area contributed by atoms with Gasteiger partial charge >= 0.3 is 0 Å². The van der Waals surface area contributed by atoms with Crippen molar-refractivity contribution >= 4 is 5.91 Å². The normalized spacial score (nSPS) is 15.1. The molecule has 0 spiro atoms. The SMILES string of the molecule is CNC(=O)c1ccc(Cc2cc(C)c(OCCN)c(CN3CCN(C)CC3)c2C)cc1F. The maximum atomic E-state index is 14.5. The van der Waals surface area contributed by atoms with Crippen LogP contribution in [-0.2, 0) is 13.0 Å². The number of rotatable bonds is 8. The summed E-state index contributed by atoms with van der Waals surface area (Å²) in [7, 11) is 3.65. The summed E-state index contributed by atoms with van der Waals surface area (Å²) >= 11 is 0. The molecule has 0 aromatic heterocycles. The van der Waals surface area contributed by atoms with Gasteiger partial charge in [-0.2, -0.15) is 0 Å². The zero-order chi connectivity index (χ0) is 23.3. The maximum absolute atomic E-state index is 14.5. The number of aryl methyl sites for hydroxylation is 1. The van der Waals surface area contributed by atoms with Crippen LogP contribution in [0.2, 0.25) is 0 Å². The van der Waals surface area contributed by atoms with Crippen molar-refractivity contribution in [2.75, 3.05) is 53.4 Å². The monoisotopic (exact) mass is 442 g/mol. The third-order valence-corrected chi connectivity index (χ3v) is 6.20. The molecule has 1 fully saturated rings. The van der Waals surface area contributed by atoms with Crippen molar-refractivity contribution in [1.29, 1.82) is 0 Å². The summed E-state index contributed by atoms with van der Waals surface area (Å²) in [5.41, 5.74) is 11.1. The average Bonchev–Trinajstić information content (AvgIpc) is 2.77. The molecule has 32 heavy (non-hydrogen) atoms. The minimum absolute atomic E-state index is 0.0606. The highest BCUT2D eigenvalue weighted by molar-refractivity contribution is 5.94. The lowest BCUT2D eigenvalue weighted by atomic mass is 9.92. The highest BCUT2D eigenvalue weighted by Crippen LogP contribution is 2.32. The van der Waals surface area contributed by atoms with Gasteiger partial charge < -0.3 is 20.7 Å². The van der Waals surface area contributed by atoms with Gasteiger partial charge in [-0.1, -0.05) is 12.1 Å². The number of likely N-dealkylation sites (N-methyl/N-ethyl adjacent to an activating group) is 1. The summed E-state index contributed by atoms with van der Waals surface area (Å²) in [6, 6.07) is 6.95. The number of halogens is 1. The molecule has 1 amide bonds. The van der Waals surface area contributed by atoms with Gasteiger partial charge in [-0.25, -0.2) is 4.39 Å². The number of piperazine rings is 1. The molecule has 3 N–H and O–H groups in total. The number of amides is 1. The Morgan fingerprint density at radius 3 is 2.53 bits per heavy atom. The summed E-state index contributed by atoms with van der Waals surface area (Å²) in [6.07, 6.45) is 0.588. The van der Waals surface area contributed by atoms with Crippen molar-refractivity contribution in [3.05, 3.63) is 63.5 Å². The fraction of sp³-hybridized carbons (Fsp3) is 0.480. The van der Waals surface area contributed by atoms with Crippen molar-refractivity contribution < 1.29 is 13.9 Å². The summed E-state index contributed by atoms with van der Waals surface area (Å²) in [5.74, 6) is -0.00880. The van der Waals surface area contributed by atoms with E-state index in [-0.39, 0.29) is 5.56 Å². The molecule has 1 aliphatic heterocycles. The minimum Gasteiger partial charge on any atom is -0.492 e. The third-order valence-electron chi connectivity index (χ3n) is 6.20. The standard InChI is InChI=1S/C25H35FN4O2/c1-17-13-20(14-19-5-6-21(23(26)15-19)25(31)28-3)18(2)22(24(17)32-12-7-27)16-30-10-8-29(4)9-11-30/h5-6,13,15H,7-12,14,16,27H2,1-4H3,(H,28,31). The second-order valence-electron chi connectivity index (χ2n) is 8.57. The molecule has 2 aromatic carbocycles. The Kier molecular flexibility index (Phi) is 8.23. The van der Waals surface area contributed by atoms with Gasteiger partial charge in [-0.15, -0.1) is 0 Å². The molecule has 0 bridgehead atoms. The van der Waals surface area contributed by atoms with Crippen molar-refractivity contribution in [3.63, 3.8) is 0 Å². The summed E-state index contributed by atoms with van der Waals surface area (Å²) in [5, 5.41) is 2.47. The minimum atomic E-state index is -0.503. The van der Waals surface area contributed by atoms with Crippen molar-refractivity contribution in [2.24, 2.45) is 5.73 Å². The molecule has 0 unspecified atom stereocenters. The zero-order valence-corrected chi connectivity index (χ0v) is 19.6. The lowest BCUT2D eigenvalue weighted by Gasteiger charge is -2.33. The highest BCUT2D eigenvalue weighted by Gasteiger charge is 2.21. The quantitative estimate of drug-likeness (QED) is 0.657. The molecule has 2 aromatic rings. The van der Waals surface area contributed by atoms with E-state index >= 15 is 0 Å². The predicted octanol–water partition coefficient (Wildman–Crippen LogP) is 2.48. The van der Waals surface area contributed by atoms with Crippen LogP contribution in [0.4, 0.5) is 4.39 Å². The highest BCUT2D eigenvalue weighted by atomic mass is 19.1. The molecule has 1 saturated heterocycles. The molecule has 1 heterocycles. The molecule has 0 saturated carbocycles. The smallest absolute Gasteiger partial charge is 0.253 e. The average molecular weight is 443 g/mol. The Morgan fingerprint density at radius 2 is 1.91 bits per heavy atom. The lowest BCUT2D eigenvalue weighted by molar-refractivity contribution is 0.0959. The summed E-state index contributed by atoms with van der Waals surface area (Å²) in [6.45, 7) is 10.1. The van der Waals surface area contributed by atoms with Crippen LogP contribution in [-0.4, -0.2) is 69.1 Å². The number of carbonyl (C=O) groups excluding carboxylic acids is 1. The Bertz CT molecular complexity index is 955. The van der Waals surface area contributed by atoms with Crippen LogP contribution in [0.5, 0.6) is 5.75 Å². The second-order valence-corrected chi connectivity index (χ2v) is 8.57. The Morgan fingerprint density at radius 1 is 1.19 bits per heavy atom. The van der Waals surface area contributed by atoms with E-state index in [9.17, 15) is 9.18 Å². The van der Waals surface area contributed by atoms with Crippen LogP contribution in [0.3, 0.4) is 0 Å². The molecule has 0 aliphatic carbocycles. The van der Waals surface area contributed by atoms with Crippen molar-refractivity contribution in [2.45, 2.75) is 26.8 Å². The van der Waals surface area contributed by atoms with E-state index in [4.69, 9.17) is 10.5 Å². The number of ether oxygens (including phenoxy) is 1. The molecule has 6 nitrogen and oxygen atoms in total. The first-order chi connectivity index (χ1) is 15.3. The number of carbonyl (C=O) groups is 1. The number of benzene rings is 2. The Balaban J connectivity index is 1.91. The van der Waals surface area contributed by atoms with Gasteiger partial charge in [-0.3, -0.25) is 9.69 Å². The third kappa shape index (κ3) is 5.65. The van der Waals surface area contributed by atoms with E-state index in [2.05, 4.69) is 42.1 Å². The summed E-state index contributed by atoms with van der Waals surface area (Å²) < 4.78 is 20.6. The maximum Gasteiger partial charge on any atom is 0.253 e. The van der Waals surface area contributed by atoms with Crippen molar-refractivity contribution in [3.8, 4) is 5.75 Å². The van der Waals surface area contributed by atoms with Crippen LogP contribution in [0.25, 0.3) is 0 Å². The Hall–Kier alpha value is -2.48. The first-order valence-corrected chi connectivity index (χ1v) is 11.2. The van der Waals surface area contributed by atoms with Gasteiger partial charge in [0, 0.05) is 51.9 Å². The number of nitrogens with zero attached hydrogens (tertiary/aromatic N) is 2. The number of nitrogens with two attached hydrogens (primary N) is 1. The van der Waals surface area contributed by atoms with Gasteiger partial charge in [-0.05, 0) is 61.7 Å². The van der Waals surface area contributed by atoms with Crippen LogP contribution >= 0.6 is 0 Å². The molecule has 1 aliphatic rings. The van der Waals surface area contributed by atoms with E-state index in [0.717, 1.165) is 60.7 Å². The van der Waals surface area contributed by atoms with Crippen LogP contribution < -0.4 is 15.8 Å². The molecule has 3 rings (SSSR count). The van der Waals surface area contributed by atoms with Crippen LogP contribution in [0.15, 0.2) is 24.3 Å². The number of hydrogen-bond acceptors (Lipinski definition) is 5. The number of hydrogen-bond donors (Lipinski definition) is 2. The molecule has 7 heteroatoms. The largest absolute Gasteiger partial charge is 0.492 e. The molecule has 0 atom stereocenters. The molecular weight excluding hydrogens is 407 g/mol. The van der Waals surface area contributed by atoms with Crippen LogP contribution in [0.1, 0.15) is 38.2 Å². The van der Waals surface area contributed by atoms with E-state index in [1.165, 1.54) is 18.7 Å². The molecular formula is C25H35FN4O2. The zero-order valence-electron chi connectivity index (χ0n) is 19.6. The number of nitrogens with one attached hydrogen (secondary N) is 1. The first-order valence-electron chi connectivity index (χ1n) is 11.2. The van der Waals surface area contributed by atoms with E-state index in [1.54, 1.807) is 6.07 Å². The summed E-state index contributed by atoms with van der Waals surface area (Å²) in [4.78, 5) is 16.6. The Labute approximate surface area is 190 Å². The fourth-order valence-electron chi connectivity index (χ4n) is 4.21. The van der Waals surface area contributed by atoms with E-state index in [0.29, 0.717) is 19.6 Å². The van der Waals surface area contributed by atoms with Gasteiger partial charge in [0.1, 0.15) is 18.2 Å². The fourth-order valence-corrected chi connectivity index (χ4v) is 4.21. The van der Waals surface area contributed by atoms with E-state index < -0.39 is 11.7 Å². The predicted molar refractivity (Wildman–Crippen MR) is 126 cm³/mol. The topological polar surface area (TPSA) is 70.8 Å². The van der Waals surface area contributed by atoms with E-state index in [1.807, 2.05) is 6.07 Å². The van der Waals surface area contributed by atoms with Crippen molar-refractivity contribution in [1.82, 2.24) is 15.1 Å². The van der Waals surface area contributed by atoms with Gasteiger partial charge in [0.05, 0.1) is 5.56 Å². The molecule has 174 valence electrons.